The number of carbonyl (C=O) groups excluding carboxylic acids is 1. The third-order valence-electron chi connectivity index (χ3n) is 3.81. The molecule has 25 heavy (non-hydrogen) atoms. The molecular weight excluding hydrogens is 338 g/mol. The van der Waals surface area contributed by atoms with Gasteiger partial charge < -0.3 is 0 Å². The summed E-state index contributed by atoms with van der Waals surface area (Å²) in [5.41, 5.74) is 2.00. The van der Waals surface area contributed by atoms with Crippen molar-refractivity contribution >= 4 is 28.8 Å². The Morgan fingerprint density at radius 3 is 2.80 bits per heavy atom. The van der Waals surface area contributed by atoms with Gasteiger partial charge in [-0.15, -0.1) is 0 Å². The standard InChI is InChI=1S/C18H12ClN5O/c19-13-6-2-1-5-12(13)17-23-16(14-7-3-4-10-24(14)17)18(25)22-15-8-9-20-11-21-15/h1-11H,(H,20,21,22,25)/p+2. The number of benzene rings is 1. The smallest absolute Gasteiger partial charge is 0.282 e. The van der Waals surface area contributed by atoms with Gasteiger partial charge in [-0.25, -0.2) is 4.98 Å². The van der Waals surface area contributed by atoms with Crippen LogP contribution < -0.4 is 14.7 Å². The Balaban J connectivity index is 1.83. The minimum absolute atomic E-state index is 0.277. The largest absolute Gasteiger partial charge is 0.302 e. The summed E-state index contributed by atoms with van der Waals surface area (Å²) in [5, 5.41) is 3.39. The first-order valence-electron chi connectivity index (χ1n) is 7.65. The van der Waals surface area contributed by atoms with Crippen LogP contribution in [0.1, 0.15) is 10.5 Å². The van der Waals surface area contributed by atoms with E-state index in [0.717, 1.165) is 16.9 Å². The zero-order chi connectivity index (χ0) is 17.2. The molecule has 0 spiro atoms. The SMILES string of the molecule is O=C(Nc1cc[nH+]cn1)c1[nH]c(-c2ccccc2Cl)[n+]2ccccc12. The van der Waals surface area contributed by atoms with Gasteiger partial charge in [-0.3, -0.25) is 15.1 Å². The minimum Gasteiger partial charge on any atom is -0.282 e. The lowest BCUT2D eigenvalue weighted by Gasteiger charge is -1.97. The number of halogens is 1. The molecule has 0 unspecified atom stereocenters. The van der Waals surface area contributed by atoms with Gasteiger partial charge in [0.2, 0.25) is 5.69 Å². The summed E-state index contributed by atoms with van der Waals surface area (Å²) in [7, 11) is 0. The van der Waals surface area contributed by atoms with Gasteiger partial charge in [0, 0.05) is 6.07 Å². The molecule has 1 amide bonds. The molecule has 0 aliphatic rings. The third kappa shape index (κ3) is 2.83. The second-order valence-electron chi connectivity index (χ2n) is 5.38. The molecule has 4 aromatic rings. The molecule has 0 aliphatic heterocycles. The number of H-pyrrole nitrogens is 2. The molecule has 4 rings (SSSR count). The number of pyridine rings is 1. The van der Waals surface area contributed by atoms with Crippen LogP contribution in [0.25, 0.3) is 16.9 Å². The Labute approximate surface area is 148 Å². The molecule has 0 radical (unpaired) electrons. The predicted molar refractivity (Wildman–Crippen MR) is 93.1 cm³/mol. The Bertz CT molecular complexity index is 1060. The summed E-state index contributed by atoms with van der Waals surface area (Å²) in [6.45, 7) is 0. The predicted octanol–water partition coefficient (Wildman–Crippen LogP) is 2.54. The van der Waals surface area contributed by atoms with E-state index < -0.39 is 0 Å². The van der Waals surface area contributed by atoms with Crippen molar-refractivity contribution in [2.75, 3.05) is 5.32 Å². The van der Waals surface area contributed by atoms with Gasteiger partial charge in [-0.05, 0) is 29.2 Å². The van der Waals surface area contributed by atoms with Crippen molar-refractivity contribution in [2.45, 2.75) is 0 Å². The zero-order valence-corrected chi connectivity index (χ0v) is 13.8. The first-order valence-corrected chi connectivity index (χ1v) is 8.02. The zero-order valence-electron chi connectivity index (χ0n) is 13.0. The van der Waals surface area contributed by atoms with E-state index in [2.05, 4.69) is 20.3 Å². The molecule has 3 N–H and O–H groups in total. The summed E-state index contributed by atoms with van der Waals surface area (Å²) >= 11 is 6.33. The highest BCUT2D eigenvalue weighted by atomic mass is 35.5. The van der Waals surface area contributed by atoms with Crippen molar-refractivity contribution in [1.82, 2.24) is 9.97 Å². The van der Waals surface area contributed by atoms with Gasteiger partial charge in [-0.2, -0.15) is 4.40 Å². The number of hydrogen-bond acceptors (Lipinski definition) is 2. The maximum atomic E-state index is 12.7. The Hall–Kier alpha value is -3.25. The lowest BCUT2D eigenvalue weighted by Crippen LogP contribution is -2.22. The Kier molecular flexibility index (Phi) is 3.87. The van der Waals surface area contributed by atoms with Gasteiger partial charge in [-0.1, -0.05) is 29.8 Å². The molecule has 122 valence electrons. The highest BCUT2D eigenvalue weighted by Gasteiger charge is 2.26. The normalized spacial score (nSPS) is 10.8. The first kappa shape index (κ1) is 15.3. The number of carbonyl (C=O) groups is 1. The number of aromatic nitrogens is 4. The second kappa shape index (κ2) is 6.33. The molecule has 0 saturated heterocycles. The average Bonchev–Trinajstić information content (AvgIpc) is 3.03. The molecule has 0 aliphatic carbocycles. The summed E-state index contributed by atoms with van der Waals surface area (Å²) in [6.07, 6.45) is 5.09. The van der Waals surface area contributed by atoms with E-state index in [4.69, 9.17) is 11.6 Å². The fraction of sp³-hybridized carbons (Fsp3) is 0. The monoisotopic (exact) mass is 351 g/mol. The van der Waals surface area contributed by atoms with E-state index in [0.29, 0.717) is 16.5 Å². The van der Waals surface area contributed by atoms with E-state index in [-0.39, 0.29) is 5.91 Å². The number of hydrogen-bond donors (Lipinski definition) is 2. The van der Waals surface area contributed by atoms with Crippen LogP contribution in [0.3, 0.4) is 0 Å². The van der Waals surface area contributed by atoms with Crippen molar-refractivity contribution in [3.63, 3.8) is 0 Å². The Morgan fingerprint density at radius 2 is 2.00 bits per heavy atom. The van der Waals surface area contributed by atoms with Crippen LogP contribution in [0.4, 0.5) is 5.82 Å². The lowest BCUT2D eigenvalue weighted by molar-refractivity contribution is -0.498. The minimum atomic E-state index is -0.277. The van der Waals surface area contributed by atoms with Crippen molar-refractivity contribution in [1.29, 1.82) is 0 Å². The fourth-order valence-electron chi connectivity index (χ4n) is 2.68. The molecule has 0 bridgehead atoms. The van der Waals surface area contributed by atoms with E-state index >= 15 is 0 Å². The van der Waals surface area contributed by atoms with Crippen molar-refractivity contribution in [3.8, 4) is 11.4 Å². The quantitative estimate of drug-likeness (QED) is 0.556. The van der Waals surface area contributed by atoms with E-state index in [1.165, 1.54) is 6.33 Å². The summed E-state index contributed by atoms with van der Waals surface area (Å²) < 4.78 is 1.91. The van der Waals surface area contributed by atoms with Crippen molar-refractivity contribution in [2.24, 2.45) is 0 Å². The molecule has 1 aromatic carbocycles. The molecule has 6 nitrogen and oxygen atoms in total. The third-order valence-corrected chi connectivity index (χ3v) is 4.14. The number of amides is 1. The lowest BCUT2D eigenvalue weighted by atomic mass is 10.2. The van der Waals surface area contributed by atoms with Crippen LogP contribution in [0.15, 0.2) is 67.3 Å². The van der Waals surface area contributed by atoms with Gasteiger partial charge in [0.25, 0.3) is 18.0 Å². The van der Waals surface area contributed by atoms with Crippen LogP contribution >= 0.6 is 11.6 Å². The molecule has 3 heterocycles. The summed E-state index contributed by atoms with van der Waals surface area (Å²) in [6, 6.07) is 14.8. The van der Waals surface area contributed by atoms with Crippen LogP contribution in [0.2, 0.25) is 5.02 Å². The highest BCUT2D eigenvalue weighted by Crippen LogP contribution is 2.25. The number of nitrogens with one attached hydrogen (secondary N) is 3. The fourth-order valence-corrected chi connectivity index (χ4v) is 2.91. The molecule has 7 heteroatoms. The van der Waals surface area contributed by atoms with Gasteiger partial charge in [0.1, 0.15) is 0 Å². The average molecular weight is 352 g/mol. The van der Waals surface area contributed by atoms with E-state index in [1.807, 2.05) is 53.1 Å². The topological polar surface area (TPSA) is 76.0 Å². The molecule has 0 saturated carbocycles. The van der Waals surface area contributed by atoms with Crippen LogP contribution in [-0.4, -0.2) is 15.9 Å². The summed E-state index contributed by atoms with van der Waals surface area (Å²) in [4.78, 5) is 22.8. The number of nitrogens with zero attached hydrogens (tertiary/aromatic N) is 2. The number of fused-ring (bicyclic) bond motifs is 1. The van der Waals surface area contributed by atoms with Gasteiger partial charge >= 0.3 is 5.91 Å². The second-order valence-corrected chi connectivity index (χ2v) is 5.79. The summed E-state index contributed by atoms with van der Waals surface area (Å²) in [5.74, 6) is 0.924. The molecule has 0 fully saturated rings. The first-order chi connectivity index (χ1) is 12.2. The number of rotatable bonds is 3. The van der Waals surface area contributed by atoms with Crippen molar-refractivity contribution < 1.29 is 14.2 Å². The number of aromatic amines is 2. The van der Waals surface area contributed by atoms with E-state index in [9.17, 15) is 4.79 Å². The van der Waals surface area contributed by atoms with Crippen molar-refractivity contribution in [3.05, 3.63) is 78.0 Å². The molecule has 3 aromatic heterocycles. The maximum absolute atomic E-state index is 12.7. The van der Waals surface area contributed by atoms with E-state index in [1.54, 1.807) is 12.3 Å². The Morgan fingerprint density at radius 1 is 1.16 bits per heavy atom. The number of imidazole rings is 1. The molecular formula is C18H14ClN5O+2. The highest BCUT2D eigenvalue weighted by molar-refractivity contribution is 6.33. The van der Waals surface area contributed by atoms with Crippen LogP contribution in [0, 0.1) is 0 Å². The van der Waals surface area contributed by atoms with Crippen LogP contribution in [-0.2, 0) is 0 Å². The maximum Gasteiger partial charge on any atom is 0.302 e. The molecule has 0 atom stereocenters. The van der Waals surface area contributed by atoms with Crippen LogP contribution in [0.5, 0.6) is 0 Å². The van der Waals surface area contributed by atoms with Gasteiger partial charge in [0.05, 0.1) is 23.0 Å². The number of anilines is 1. The van der Waals surface area contributed by atoms with Gasteiger partial charge in [0.15, 0.2) is 5.52 Å².